The van der Waals surface area contributed by atoms with E-state index in [0.29, 0.717) is 31.9 Å². The number of hydrogen-bond acceptors (Lipinski definition) is 5. The minimum absolute atomic E-state index is 0.0196. The van der Waals surface area contributed by atoms with Crippen LogP contribution in [0.15, 0.2) is 0 Å². The number of nitrogens with one attached hydrogen (secondary N) is 1. The van der Waals surface area contributed by atoms with E-state index in [9.17, 15) is 4.79 Å². The third kappa shape index (κ3) is 4.88. The second kappa shape index (κ2) is 7.75. The van der Waals surface area contributed by atoms with Gasteiger partial charge in [-0.1, -0.05) is 0 Å². The molecule has 0 aromatic carbocycles. The summed E-state index contributed by atoms with van der Waals surface area (Å²) in [5.74, 6) is -0.104. The number of aryl methyl sites for hydroxylation is 1. The summed E-state index contributed by atoms with van der Waals surface area (Å²) >= 11 is 0. The number of hydrogen-bond donors (Lipinski definition) is 3. The van der Waals surface area contributed by atoms with Crippen molar-refractivity contribution in [2.45, 2.75) is 26.8 Å². The summed E-state index contributed by atoms with van der Waals surface area (Å²) in [5.41, 5.74) is 7.97. The molecule has 108 valence electrons. The first-order valence-corrected chi connectivity index (χ1v) is 6.31. The van der Waals surface area contributed by atoms with Gasteiger partial charge in [0.1, 0.15) is 6.54 Å². The first-order valence-electron chi connectivity index (χ1n) is 6.31. The van der Waals surface area contributed by atoms with Gasteiger partial charge in [0.05, 0.1) is 30.3 Å². The van der Waals surface area contributed by atoms with Gasteiger partial charge < -0.3 is 20.9 Å². The van der Waals surface area contributed by atoms with Crippen LogP contribution >= 0.6 is 0 Å². The summed E-state index contributed by atoms with van der Waals surface area (Å²) in [5, 5.41) is 15.5. The van der Waals surface area contributed by atoms with Gasteiger partial charge in [-0.25, -0.2) is 0 Å². The van der Waals surface area contributed by atoms with Crippen LogP contribution in [0.4, 0.5) is 5.69 Å². The molecule has 0 unspecified atom stereocenters. The van der Waals surface area contributed by atoms with Gasteiger partial charge in [-0.05, 0) is 20.3 Å². The summed E-state index contributed by atoms with van der Waals surface area (Å²) in [4.78, 5) is 11.7. The minimum atomic E-state index is -0.104. The van der Waals surface area contributed by atoms with Crippen molar-refractivity contribution in [3.05, 3.63) is 11.4 Å². The molecule has 0 radical (unpaired) electrons. The van der Waals surface area contributed by atoms with Crippen molar-refractivity contribution >= 4 is 11.6 Å². The topological polar surface area (TPSA) is 102 Å². The molecule has 0 aliphatic heterocycles. The summed E-state index contributed by atoms with van der Waals surface area (Å²) in [7, 11) is 0. The van der Waals surface area contributed by atoms with Crippen molar-refractivity contribution in [1.82, 2.24) is 15.1 Å². The first kappa shape index (κ1) is 15.5. The minimum Gasteiger partial charge on any atom is -0.396 e. The van der Waals surface area contributed by atoms with Crippen molar-refractivity contribution in [2.24, 2.45) is 0 Å². The second-order valence-corrected chi connectivity index (χ2v) is 4.28. The number of rotatable bonds is 8. The third-order valence-electron chi connectivity index (χ3n) is 2.75. The van der Waals surface area contributed by atoms with Gasteiger partial charge in [0.15, 0.2) is 0 Å². The van der Waals surface area contributed by atoms with Gasteiger partial charge in [0.2, 0.25) is 5.91 Å². The lowest BCUT2D eigenvalue weighted by molar-refractivity contribution is -0.121. The standard InChI is InChI=1S/C12H22N4O3/c1-9-12(13)10(2)16(15-9)8-11(18)14-4-3-6-19-7-5-17/h17H,3-8,13H2,1-2H3,(H,14,18). The van der Waals surface area contributed by atoms with E-state index in [-0.39, 0.29) is 19.1 Å². The van der Waals surface area contributed by atoms with E-state index < -0.39 is 0 Å². The van der Waals surface area contributed by atoms with Crippen LogP contribution in [0.3, 0.4) is 0 Å². The van der Waals surface area contributed by atoms with E-state index in [0.717, 1.165) is 11.4 Å². The molecule has 1 rings (SSSR count). The maximum atomic E-state index is 11.7. The molecule has 1 heterocycles. The van der Waals surface area contributed by atoms with E-state index >= 15 is 0 Å². The van der Waals surface area contributed by atoms with Gasteiger partial charge in [-0.15, -0.1) is 0 Å². The molecule has 0 saturated carbocycles. The fourth-order valence-electron chi connectivity index (χ4n) is 1.63. The SMILES string of the molecule is Cc1nn(CC(=O)NCCCOCCO)c(C)c1N. The number of nitrogens with zero attached hydrogens (tertiary/aromatic N) is 2. The smallest absolute Gasteiger partial charge is 0.241 e. The Morgan fingerprint density at radius 1 is 1.47 bits per heavy atom. The normalized spacial score (nSPS) is 10.7. The Morgan fingerprint density at radius 2 is 2.21 bits per heavy atom. The zero-order valence-electron chi connectivity index (χ0n) is 11.5. The van der Waals surface area contributed by atoms with Crippen LogP contribution in [-0.2, 0) is 16.1 Å². The van der Waals surface area contributed by atoms with Gasteiger partial charge in [-0.2, -0.15) is 5.10 Å². The van der Waals surface area contributed by atoms with Gasteiger partial charge >= 0.3 is 0 Å². The molecule has 4 N–H and O–H groups in total. The molecule has 0 fully saturated rings. The zero-order valence-corrected chi connectivity index (χ0v) is 11.5. The molecule has 7 nitrogen and oxygen atoms in total. The number of anilines is 1. The van der Waals surface area contributed by atoms with E-state index in [1.54, 1.807) is 4.68 Å². The van der Waals surface area contributed by atoms with Crippen molar-refractivity contribution < 1.29 is 14.6 Å². The van der Waals surface area contributed by atoms with Crippen LogP contribution in [0, 0.1) is 13.8 Å². The van der Waals surface area contributed by atoms with Crippen LogP contribution in [0.2, 0.25) is 0 Å². The van der Waals surface area contributed by atoms with Crippen LogP contribution in [-0.4, -0.2) is 47.2 Å². The Kier molecular flexibility index (Phi) is 6.31. The fraction of sp³-hybridized carbons (Fsp3) is 0.667. The van der Waals surface area contributed by atoms with Gasteiger partial charge in [-0.3, -0.25) is 9.48 Å². The summed E-state index contributed by atoms with van der Waals surface area (Å²) < 4.78 is 6.69. The number of aliphatic hydroxyl groups is 1. The van der Waals surface area contributed by atoms with E-state index in [4.69, 9.17) is 15.6 Å². The maximum Gasteiger partial charge on any atom is 0.241 e. The van der Waals surface area contributed by atoms with Gasteiger partial charge in [0.25, 0.3) is 0 Å². The van der Waals surface area contributed by atoms with Crippen molar-refractivity contribution in [2.75, 3.05) is 32.1 Å². The average Bonchev–Trinajstić information content (AvgIpc) is 2.61. The highest BCUT2D eigenvalue weighted by molar-refractivity contribution is 5.75. The molecular weight excluding hydrogens is 248 g/mol. The predicted molar refractivity (Wildman–Crippen MR) is 71.6 cm³/mol. The highest BCUT2D eigenvalue weighted by Gasteiger charge is 2.10. The summed E-state index contributed by atoms with van der Waals surface area (Å²) in [6.07, 6.45) is 0.713. The van der Waals surface area contributed by atoms with E-state index in [1.165, 1.54) is 0 Å². The van der Waals surface area contributed by atoms with Crippen molar-refractivity contribution in [3.63, 3.8) is 0 Å². The Morgan fingerprint density at radius 3 is 2.79 bits per heavy atom. The number of amides is 1. The number of carbonyl (C=O) groups excluding carboxylic acids is 1. The molecular formula is C12H22N4O3. The van der Waals surface area contributed by atoms with Crippen LogP contribution in [0.1, 0.15) is 17.8 Å². The lowest BCUT2D eigenvalue weighted by atomic mass is 10.3. The number of nitrogens with two attached hydrogens (primary N) is 1. The summed E-state index contributed by atoms with van der Waals surface area (Å²) in [6, 6.07) is 0. The molecule has 0 spiro atoms. The zero-order chi connectivity index (χ0) is 14.3. The number of ether oxygens (including phenoxy) is 1. The molecule has 1 aromatic rings. The third-order valence-corrected chi connectivity index (χ3v) is 2.75. The number of nitrogen functional groups attached to an aromatic ring is 1. The Bertz CT molecular complexity index is 417. The molecule has 19 heavy (non-hydrogen) atoms. The fourth-order valence-corrected chi connectivity index (χ4v) is 1.63. The summed E-state index contributed by atoms with van der Waals surface area (Å²) in [6.45, 7) is 5.24. The van der Waals surface area contributed by atoms with Crippen molar-refractivity contribution in [1.29, 1.82) is 0 Å². The van der Waals surface area contributed by atoms with Crippen LogP contribution < -0.4 is 11.1 Å². The lowest BCUT2D eigenvalue weighted by Crippen LogP contribution is -2.29. The largest absolute Gasteiger partial charge is 0.396 e. The van der Waals surface area contributed by atoms with Gasteiger partial charge in [0, 0.05) is 13.2 Å². The van der Waals surface area contributed by atoms with Crippen LogP contribution in [0.25, 0.3) is 0 Å². The number of aromatic nitrogens is 2. The lowest BCUT2D eigenvalue weighted by Gasteiger charge is -2.07. The molecule has 0 saturated heterocycles. The van der Waals surface area contributed by atoms with Crippen molar-refractivity contribution in [3.8, 4) is 0 Å². The monoisotopic (exact) mass is 270 g/mol. The highest BCUT2D eigenvalue weighted by Crippen LogP contribution is 2.14. The molecule has 0 atom stereocenters. The number of aliphatic hydroxyl groups excluding tert-OH is 1. The molecule has 0 bridgehead atoms. The number of carbonyl (C=O) groups is 1. The molecule has 0 aliphatic carbocycles. The maximum absolute atomic E-state index is 11.7. The Labute approximate surface area is 112 Å². The van der Waals surface area contributed by atoms with Crippen LogP contribution in [0.5, 0.6) is 0 Å². The Balaban J connectivity index is 2.26. The first-order chi connectivity index (χ1) is 9.06. The molecule has 1 amide bonds. The molecule has 0 aliphatic rings. The van der Waals surface area contributed by atoms with E-state index in [1.807, 2.05) is 13.8 Å². The molecule has 7 heteroatoms. The average molecular weight is 270 g/mol. The quantitative estimate of drug-likeness (QED) is 0.558. The predicted octanol–water partition coefficient (Wildman–Crippen LogP) is -0.403. The highest BCUT2D eigenvalue weighted by atomic mass is 16.5. The second-order valence-electron chi connectivity index (χ2n) is 4.28. The van der Waals surface area contributed by atoms with E-state index in [2.05, 4.69) is 10.4 Å². The molecule has 1 aromatic heterocycles. The Hall–Kier alpha value is -1.60.